The van der Waals surface area contributed by atoms with Crippen molar-refractivity contribution in [2.24, 2.45) is 0 Å². The zero-order valence-electron chi connectivity index (χ0n) is 13.2. The molecule has 0 unspecified atom stereocenters. The number of para-hydroxylation sites is 1. The molecule has 8 heteroatoms. The van der Waals surface area contributed by atoms with Crippen molar-refractivity contribution in [2.75, 3.05) is 11.9 Å². The van der Waals surface area contributed by atoms with E-state index in [0.717, 1.165) is 21.1 Å². The number of thiazole rings is 1. The fourth-order valence-electron chi connectivity index (χ4n) is 1.85. The maximum atomic E-state index is 10.6. The third-order valence-electron chi connectivity index (χ3n) is 2.79. The molecule has 0 aliphatic rings. The van der Waals surface area contributed by atoms with Gasteiger partial charge in [0.05, 0.1) is 11.4 Å². The minimum Gasteiger partial charge on any atom is -0.328 e. The number of hydrogen-bond acceptors (Lipinski definition) is 6. The Hall–Kier alpha value is -2.48. The minimum absolute atomic E-state index is 0.00368. The molecule has 0 fully saturated rings. The topological polar surface area (TPSA) is 94.4 Å². The molecule has 1 amide bonds. The van der Waals surface area contributed by atoms with Crippen LogP contribution in [0.1, 0.15) is 24.4 Å². The molecule has 124 valence electrons. The number of carbonyl (C=O) groups excluding carboxylic acids is 1. The van der Waals surface area contributed by atoms with E-state index >= 15 is 0 Å². The van der Waals surface area contributed by atoms with Gasteiger partial charge in [0.15, 0.2) is 0 Å². The van der Waals surface area contributed by atoms with Crippen LogP contribution < -0.4 is 5.32 Å². The summed E-state index contributed by atoms with van der Waals surface area (Å²) in [6, 6.07) is 7.33. The average molecular weight is 337 g/mol. The summed E-state index contributed by atoms with van der Waals surface area (Å²) < 4.78 is 0. The highest BCUT2D eigenvalue weighted by Gasteiger charge is 2.12. The Morgan fingerprint density at radius 2 is 2.09 bits per heavy atom. The van der Waals surface area contributed by atoms with Gasteiger partial charge in [-0.25, -0.2) is 4.98 Å². The Kier molecular flexibility index (Phi) is 7.69. The first-order chi connectivity index (χ1) is 11.1. The van der Waals surface area contributed by atoms with Crippen LogP contribution in [0.5, 0.6) is 0 Å². The van der Waals surface area contributed by atoms with Gasteiger partial charge in [-0.05, 0) is 19.1 Å². The number of anilines is 1. The minimum atomic E-state index is -0.805. The third kappa shape index (κ3) is 5.33. The molecule has 7 nitrogen and oxygen atoms in total. The molecular weight excluding hydrogens is 318 g/mol. The summed E-state index contributed by atoms with van der Waals surface area (Å²) in [6.07, 6.45) is 1.04. The van der Waals surface area contributed by atoms with E-state index in [1.54, 1.807) is 6.07 Å². The summed E-state index contributed by atoms with van der Waals surface area (Å²) in [7, 11) is 0. The SMILES string of the molecule is CC.Cc1nc(-c2ccccc2NC=O)sc1CCO[N+](=O)[O-]. The molecule has 1 aromatic heterocycles. The van der Waals surface area contributed by atoms with Gasteiger partial charge in [-0.15, -0.1) is 21.5 Å². The predicted octanol–water partition coefficient (Wildman–Crippen LogP) is 3.46. The van der Waals surface area contributed by atoms with Crippen molar-refractivity contribution >= 4 is 23.4 Å². The number of aryl methyl sites for hydroxylation is 1. The molecule has 0 aliphatic heterocycles. The summed E-state index contributed by atoms with van der Waals surface area (Å²) in [5.74, 6) is 0. The van der Waals surface area contributed by atoms with E-state index in [1.807, 2.05) is 39.0 Å². The summed E-state index contributed by atoms with van der Waals surface area (Å²) >= 11 is 1.43. The lowest BCUT2D eigenvalue weighted by Gasteiger charge is -2.04. The molecule has 0 atom stereocenters. The van der Waals surface area contributed by atoms with E-state index in [1.165, 1.54) is 11.3 Å². The first-order valence-corrected chi connectivity index (χ1v) is 7.96. The number of nitrogens with one attached hydrogen (secondary N) is 1. The highest BCUT2D eigenvalue weighted by Crippen LogP contribution is 2.33. The lowest BCUT2D eigenvalue weighted by Crippen LogP contribution is -2.04. The molecule has 2 rings (SSSR count). The van der Waals surface area contributed by atoms with Gasteiger partial charge in [0, 0.05) is 16.9 Å². The molecule has 1 heterocycles. The zero-order chi connectivity index (χ0) is 17.2. The summed E-state index contributed by atoms with van der Waals surface area (Å²) in [4.78, 5) is 30.5. The van der Waals surface area contributed by atoms with E-state index in [0.29, 0.717) is 18.5 Å². The van der Waals surface area contributed by atoms with Gasteiger partial charge in [-0.1, -0.05) is 26.0 Å². The van der Waals surface area contributed by atoms with Gasteiger partial charge in [0.1, 0.15) is 11.6 Å². The number of hydrogen-bond donors (Lipinski definition) is 1. The second kappa shape index (κ2) is 9.52. The van der Waals surface area contributed by atoms with Gasteiger partial charge in [0.2, 0.25) is 6.41 Å². The Morgan fingerprint density at radius 1 is 1.39 bits per heavy atom. The van der Waals surface area contributed by atoms with Crippen molar-refractivity contribution in [1.82, 2.24) is 4.98 Å². The van der Waals surface area contributed by atoms with Crippen LogP contribution >= 0.6 is 11.3 Å². The van der Waals surface area contributed by atoms with E-state index < -0.39 is 5.09 Å². The number of carbonyl (C=O) groups is 1. The summed E-state index contributed by atoms with van der Waals surface area (Å²) in [5.41, 5.74) is 2.30. The van der Waals surface area contributed by atoms with Crippen molar-refractivity contribution in [2.45, 2.75) is 27.2 Å². The zero-order valence-corrected chi connectivity index (χ0v) is 14.1. The molecule has 1 aromatic carbocycles. The maximum absolute atomic E-state index is 10.6. The van der Waals surface area contributed by atoms with Crippen LogP contribution in [0.3, 0.4) is 0 Å². The highest BCUT2D eigenvalue weighted by molar-refractivity contribution is 7.15. The molecule has 0 spiro atoms. The molecular formula is C15H19N3O4S. The smallest absolute Gasteiger partial charge is 0.294 e. The standard InChI is InChI=1S/C13H13N3O4S.C2H6/c1-9-12(6-7-20-16(18)19)21-13(15-9)10-4-2-3-5-11(10)14-8-17;1-2/h2-5,8H,6-7H2,1H3,(H,14,17);1-2H3. The van der Waals surface area contributed by atoms with Gasteiger partial charge in [0.25, 0.3) is 5.09 Å². The Balaban J connectivity index is 0.00000127. The van der Waals surface area contributed by atoms with Crippen LogP contribution in [-0.4, -0.2) is 23.1 Å². The number of nitrogens with zero attached hydrogens (tertiary/aromatic N) is 2. The van der Waals surface area contributed by atoms with Crippen molar-refractivity contribution in [1.29, 1.82) is 0 Å². The quantitative estimate of drug-likeness (QED) is 0.474. The second-order valence-corrected chi connectivity index (χ2v) is 5.23. The molecule has 23 heavy (non-hydrogen) atoms. The van der Waals surface area contributed by atoms with Gasteiger partial charge >= 0.3 is 0 Å². The number of rotatable bonds is 7. The molecule has 0 saturated heterocycles. The van der Waals surface area contributed by atoms with E-state index in [4.69, 9.17) is 0 Å². The Bertz CT molecular complexity index is 658. The molecule has 2 aromatic rings. The predicted molar refractivity (Wildman–Crippen MR) is 90.0 cm³/mol. The first-order valence-electron chi connectivity index (χ1n) is 7.15. The monoisotopic (exact) mass is 337 g/mol. The summed E-state index contributed by atoms with van der Waals surface area (Å²) in [6.45, 7) is 5.85. The van der Waals surface area contributed by atoms with Crippen LogP contribution in [0.4, 0.5) is 5.69 Å². The third-order valence-corrected chi connectivity index (χ3v) is 4.04. The number of benzene rings is 1. The van der Waals surface area contributed by atoms with Gasteiger partial charge in [-0.2, -0.15) is 0 Å². The second-order valence-electron chi connectivity index (χ2n) is 4.14. The molecule has 0 aliphatic carbocycles. The van der Waals surface area contributed by atoms with Crippen molar-refractivity contribution in [3.05, 3.63) is 45.0 Å². The van der Waals surface area contributed by atoms with Crippen molar-refractivity contribution in [3.63, 3.8) is 0 Å². The van der Waals surface area contributed by atoms with Crippen LogP contribution in [0.2, 0.25) is 0 Å². The van der Waals surface area contributed by atoms with Crippen molar-refractivity contribution < 1.29 is 14.7 Å². The van der Waals surface area contributed by atoms with Crippen molar-refractivity contribution in [3.8, 4) is 10.6 Å². The summed E-state index contributed by atoms with van der Waals surface area (Å²) in [5, 5.41) is 12.7. The van der Waals surface area contributed by atoms with Gasteiger partial charge in [-0.3, -0.25) is 4.79 Å². The Labute approximate surface area is 138 Å². The van der Waals surface area contributed by atoms with Gasteiger partial charge < -0.3 is 10.2 Å². The fourth-order valence-corrected chi connectivity index (χ4v) is 2.93. The Morgan fingerprint density at radius 3 is 2.74 bits per heavy atom. The lowest BCUT2D eigenvalue weighted by molar-refractivity contribution is -0.757. The number of aromatic nitrogens is 1. The van der Waals surface area contributed by atoms with Crippen LogP contribution in [0.15, 0.2) is 24.3 Å². The average Bonchev–Trinajstić information content (AvgIpc) is 2.91. The van der Waals surface area contributed by atoms with Crippen LogP contribution in [0, 0.1) is 17.0 Å². The first kappa shape index (κ1) is 18.6. The molecule has 0 saturated carbocycles. The molecule has 1 N–H and O–H groups in total. The lowest BCUT2D eigenvalue weighted by atomic mass is 10.2. The molecule has 0 bridgehead atoms. The van der Waals surface area contributed by atoms with Crippen LogP contribution in [0.25, 0.3) is 10.6 Å². The molecule has 0 radical (unpaired) electrons. The number of amides is 1. The van der Waals surface area contributed by atoms with E-state index in [9.17, 15) is 14.9 Å². The van der Waals surface area contributed by atoms with E-state index in [2.05, 4.69) is 15.1 Å². The fraction of sp³-hybridized carbons (Fsp3) is 0.333. The normalized spacial score (nSPS) is 9.52. The largest absolute Gasteiger partial charge is 0.328 e. The van der Waals surface area contributed by atoms with E-state index in [-0.39, 0.29) is 6.61 Å². The van der Waals surface area contributed by atoms with Crippen LogP contribution in [-0.2, 0) is 16.1 Å². The maximum Gasteiger partial charge on any atom is 0.294 e. The highest BCUT2D eigenvalue weighted by atomic mass is 32.1.